The van der Waals surface area contributed by atoms with Crippen LogP contribution < -0.4 is 15.4 Å². The van der Waals surface area contributed by atoms with Gasteiger partial charge in [-0.05, 0) is 37.1 Å². The van der Waals surface area contributed by atoms with Gasteiger partial charge in [0, 0.05) is 6.04 Å². The zero-order valence-corrected chi connectivity index (χ0v) is 13.9. The normalized spacial score (nSPS) is 12.8. The van der Waals surface area contributed by atoms with Crippen molar-refractivity contribution < 1.29 is 23.9 Å². The predicted octanol–water partition coefficient (Wildman–Crippen LogP) is 2.62. The molecule has 0 bridgehead atoms. The third-order valence-corrected chi connectivity index (χ3v) is 3.58. The lowest BCUT2D eigenvalue weighted by atomic mass is 10.2. The van der Waals surface area contributed by atoms with Gasteiger partial charge in [-0.2, -0.15) is 0 Å². The molecule has 1 aliphatic carbocycles. The van der Waals surface area contributed by atoms with Crippen molar-refractivity contribution in [2.75, 3.05) is 6.61 Å². The van der Waals surface area contributed by atoms with Gasteiger partial charge in [0.15, 0.2) is 6.61 Å². The van der Waals surface area contributed by atoms with E-state index in [2.05, 4.69) is 10.6 Å². The molecule has 2 N–H and O–H groups in total. The van der Waals surface area contributed by atoms with Crippen molar-refractivity contribution >= 4 is 17.9 Å². The molecule has 0 spiro atoms. The summed E-state index contributed by atoms with van der Waals surface area (Å²) in [6.45, 7) is -0.559. The minimum atomic E-state index is -0.714. The van der Waals surface area contributed by atoms with E-state index in [4.69, 9.17) is 9.47 Å². The van der Waals surface area contributed by atoms with E-state index in [0.29, 0.717) is 11.5 Å². The van der Waals surface area contributed by atoms with Crippen LogP contribution >= 0.6 is 0 Å². The molecule has 0 saturated heterocycles. The number of nitrogens with one attached hydrogen (secondary N) is 2. The molecule has 0 heterocycles. The number of imide groups is 1. The quantitative estimate of drug-likeness (QED) is 0.778. The molecule has 3 amide bonds. The van der Waals surface area contributed by atoms with E-state index in [0.717, 1.165) is 12.8 Å². The van der Waals surface area contributed by atoms with Crippen molar-refractivity contribution in [2.45, 2.75) is 18.9 Å². The second kappa shape index (κ2) is 8.15. The van der Waals surface area contributed by atoms with Crippen molar-refractivity contribution in [3.05, 3.63) is 60.2 Å². The second-order valence-corrected chi connectivity index (χ2v) is 5.78. The zero-order chi connectivity index (χ0) is 18.4. The molecule has 0 aliphatic heterocycles. The Morgan fingerprint density at radius 3 is 2.38 bits per heavy atom. The Morgan fingerprint density at radius 2 is 1.65 bits per heavy atom. The summed E-state index contributed by atoms with van der Waals surface area (Å²) < 4.78 is 10.7. The highest BCUT2D eigenvalue weighted by atomic mass is 16.5. The van der Waals surface area contributed by atoms with Crippen molar-refractivity contribution in [1.29, 1.82) is 0 Å². The highest BCUT2D eigenvalue weighted by Crippen LogP contribution is 2.25. The number of rotatable bonds is 6. The summed E-state index contributed by atoms with van der Waals surface area (Å²) in [5.41, 5.74) is 0.187. The maximum atomic E-state index is 12.3. The Hall–Kier alpha value is -3.35. The fraction of sp³-hybridized carbons (Fsp3) is 0.211. The van der Waals surface area contributed by atoms with E-state index in [9.17, 15) is 14.4 Å². The average Bonchev–Trinajstić information content (AvgIpc) is 3.45. The van der Waals surface area contributed by atoms with Crippen LogP contribution in [0.25, 0.3) is 0 Å². The summed E-state index contributed by atoms with van der Waals surface area (Å²) in [4.78, 5) is 35.4. The summed E-state index contributed by atoms with van der Waals surface area (Å²) in [5.74, 6) is -0.523. The van der Waals surface area contributed by atoms with Gasteiger partial charge in [-0.25, -0.2) is 9.59 Å². The van der Waals surface area contributed by atoms with Crippen LogP contribution in [0.1, 0.15) is 23.2 Å². The zero-order valence-electron chi connectivity index (χ0n) is 13.9. The molecule has 2 aromatic rings. The average molecular weight is 354 g/mol. The first-order chi connectivity index (χ1) is 12.6. The van der Waals surface area contributed by atoms with Crippen LogP contribution in [0, 0.1) is 0 Å². The molecule has 0 atom stereocenters. The largest absolute Gasteiger partial charge is 0.456 e. The number of urea groups is 1. The van der Waals surface area contributed by atoms with Crippen LogP contribution in [-0.4, -0.2) is 30.6 Å². The first-order valence-corrected chi connectivity index (χ1v) is 8.21. The minimum Gasteiger partial charge on any atom is -0.456 e. The number of carbonyl (C=O) groups excluding carboxylic acids is 3. The van der Waals surface area contributed by atoms with Crippen LogP contribution in [0.4, 0.5) is 4.79 Å². The standard InChI is InChI=1S/C19H18N2O5/c22-17(21-19(24)20-13-10-11-13)12-25-18(23)15-8-4-5-9-16(15)26-14-6-2-1-3-7-14/h1-9,13H,10-12H2,(H2,20,21,22,24). The number of hydrogen-bond donors (Lipinski definition) is 2. The number of para-hydroxylation sites is 2. The van der Waals surface area contributed by atoms with Crippen molar-refractivity contribution in [1.82, 2.24) is 10.6 Å². The smallest absolute Gasteiger partial charge is 0.342 e. The molecule has 3 rings (SSSR count). The van der Waals surface area contributed by atoms with Crippen molar-refractivity contribution in [2.24, 2.45) is 0 Å². The van der Waals surface area contributed by atoms with E-state index < -0.39 is 24.5 Å². The van der Waals surface area contributed by atoms with Gasteiger partial charge in [-0.3, -0.25) is 10.1 Å². The van der Waals surface area contributed by atoms with Gasteiger partial charge in [0.25, 0.3) is 5.91 Å². The van der Waals surface area contributed by atoms with Crippen LogP contribution in [0.2, 0.25) is 0 Å². The Bertz CT molecular complexity index is 803. The van der Waals surface area contributed by atoms with Gasteiger partial charge >= 0.3 is 12.0 Å². The lowest BCUT2D eigenvalue weighted by molar-refractivity contribution is -0.123. The Morgan fingerprint density at radius 1 is 0.962 bits per heavy atom. The maximum absolute atomic E-state index is 12.3. The molecule has 0 aromatic heterocycles. The lowest BCUT2D eigenvalue weighted by Crippen LogP contribution is -2.42. The molecule has 0 radical (unpaired) electrons. The van der Waals surface area contributed by atoms with E-state index in [1.165, 1.54) is 6.07 Å². The summed E-state index contributed by atoms with van der Waals surface area (Å²) in [7, 11) is 0. The third-order valence-electron chi connectivity index (χ3n) is 3.58. The Labute approximate surface area is 150 Å². The monoisotopic (exact) mass is 354 g/mol. The van der Waals surface area contributed by atoms with Gasteiger partial charge in [-0.1, -0.05) is 30.3 Å². The highest BCUT2D eigenvalue weighted by molar-refractivity contribution is 5.98. The Balaban J connectivity index is 1.55. The molecular formula is C19H18N2O5. The molecule has 1 aliphatic rings. The summed E-state index contributed by atoms with van der Waals surface area (Å²) in [6.07, 6.45) is 1.82. The summed E-state index contributed by atoms with van der Waals surface area (Å²) in [5, 5.41) is 4.72. The van der Waals surface area contributed by atoms with Gasteiger partial charge in [0.1, 0.15) is 17.1 Å². The second-order valence-electron chi connectivity index (χ2n) is 5.78. The van der Waals surface area contributed by atoms with Gasteiger partial charge in [-0.15, -0.1) is 0 Å². The predicted molar refractivity (Wildman–Crippen MR) is 92.9 cm³/mol. The van der Waals surface area contributed by atoms with Crippen LogP contribution in [0.3, 0.4) is 0 Å². The number of benzene rings is 2. The number of hydrogen-bond acceptors (Lipinski definition) is 5. The van der Waals surface area contributed by atoms with Crippen LogP contribution in [0.5, 0.6) is 11.5 Å². The van der Waals surface area contributed by atoms with Gasteiger partial charge < -0.3 is 14.8 Å². The minimum absolute atomic E-state index is 0.132. The Kier molecular flexibility index (Phi) is 5.48. The van der Waals surface area contributed by atoms with Crippen molar-refractivity contribution in [3.63, 3.8) is 0 Å². The molecule has 1 saturated carbocycles. The molecule has 1 fully saturated rings. The summed E-state index contributed by atoms with van der Waals surface area (Å²) >= 11 is 0. The van der Waals surface area contributed by atoms with Crippen LogP contribution in [-0.2, 0) is 9.53 Å². The van der Waals surface area contributed by atoms with E-state index in [-0.39, 0.29) is 11.6 Å². The first kappa shape index (κ1) is 17.5. The fourth-order valence-corrected chi connectivity index (χ4v) is 2.16. The van der Waals surface area contributed by atoms with Crippen LogP contribution in [0.15, 0.2) is 54.6 Å². The van der Waals surface area contributed by atoms with E-state index in [1.54, 1.807) is 30.3 Å². The van der Waals surface area contributed by atoms with E-state index >= 15 is 0 Å². The van der Waals surface area contributed by atoms with Gasteiger partial charge in [0.05, 0.1) is 0 Å². The highest BCUT2D eigenvalue weighted by Gasteiger charge is 2.24. The molecule has 7 nitrogen and oxygen atoms in total. The third kappa shape index (κ3) is 5.07. The molecule has 26 heavy (non-hydrogen) atoms. The van der Waals surface area contributed by atoms with Crippen molar-refractivity contribution in [3.8, 4) is 11.5 Å². The topological polar surface area (TPSA) is 93.7 Å². The lowest BCUT2D eigenvalue weighted by Gasteiger charge is -2.11. The van der Waals surface area contributed by atoms with E-state index in [1.807, 2.05) is 18.2 Å². The number of esters is 1. The molecule has 2 aromatic carbocycles. The number of amides is 3. The van der Waals surface area contributed by atoms with Gasteiger partial charge in [0.2, 0.25) is 0 Å². The molecule has 7 heteroatoms. The summed E-state index contributed by atoms with van der Waals surface area (Å²) in [6, 6.07) is 15.1. The SMILES string of the molecule is O=C(COC(=O)c1ccccc1Oc1ccccc1)NC(=O)NC1CC1. The number of ether oxygens (including phenoxy) is 2. The fourth-order valence-electron chi connectivity index (χ4n) is 2.16. The molecular weight excluding hydrogens is 336 g/mol. The maximum Gasteiger partial charge on any atom is 0.342 e. The molecule has 134 valence electrons. The molecule has 0 unspecified atom stereocenters. The first-order valence-electron chi connectivity index (χ1n) is 8.21. The number of carbonyl (C=O) groups is 3.